The van der Waals surface area contributed by atoms with Crippen molar-refractivity contribution in [3.8, 4) is 0 Å². The van der Waals surface area contributed by atoms with Gasteiger partial charge in [-0.2, -0.15) is 12.6 Å². The Labute approximate surface area is 108 Å². The molecule has 1 nitrogen and oxygen atoms in total. The van der Waals surface area contributed by atoms with Crippen molar-refractivity contribution in [2.45, 2.75) is 41.5 Å². The van der Waals surface area contributed by atoms with Crippen LogP contribution in [0.5, 0.6) is 0 Å². The maximum Gasteiger partial charge on any atom is 0.00201 e. The van der Waals surface area contributed by atoms with Crippen molar-refractivity contribution in [1.82, 2.24) is 4.90 Å². The lowest BCUT2D eigenvalue weighted by Crippen LogP contribution is -2.37. The summed E-state index contributed by atoms with van der Waals surface area (Å²) in [6.45, 7) is 17.5. The molecule has 0 aliphatic rings. The number of rotatable bonds is 8. The van der Waals surface area contributed by atoms with Gasteiger partial charge in [0.2, 0.25) is 0 Å². The van der Waals surface area contributed by atoms with Crippen molar-refractivity contribution in [2.75, 3.05) is 25.4 Å². The van der Waals surface area contributed by atoms with Gasteiger partial charge in [-0.05, 0) is 29.4 Å². The summed E-state index contributed by atoms with van der Waals surface area (Å²) in [6.07, 6.45) is 0. The van der Waals surface area contributed by atoms with Crippen LogP contribution in [0.4, 0.5) is 0 Å². The highest BCUT2D eigenvalue weighted by molar-refractivity contribution is 7.80. The molecule has 0 amide bonds. The Balaban J connectivity index is 4.27. The van der Waals surface area contributed by atoms with Crippen LogP contribution in [0.15, 0.2) is 0 Å². The van der Waals surface area contributed by atoms with Crippen LogP contribution in [0.2, 0.25) is 0 Å². The van der Waals surface area contributed by atoms with Crippen LogP contribution in [0.3, 0.4) is 0 Å². The molecule has 98 valence electrons. The summed E-state index contributed by atoms with van der Waals surface area (Å²) in [5, 5.41) is 0. The van der Waals surface area contributed by atoms with Crippen LogP contribution >= 0.6 is 12.6 Å². The topological polar surface area (TPSA) is 3.24 Å². The standard InChI is InChI=1S/C14H31NS/c1-11(2)7-15(8-12(3)4)9-14(10-16)13(5)6/h11-14,16H,7-10H2,1-6H3. The first kappa shape index (κ1) is 16.3. The summed E-state index contributed by atoms with van der Waals surface area (Å²) in [7, 11) is 0. The maximum atomic E-state index is 4.48. The Kier molecular flexibility index (Phi) is 8.57. The normalized spacial score (nSPS) is 14.4. The molecule has 0 aromatic heterocycles. The minimum absolute atomic E-state index is 0.723. The highest BCUT2D eigenvalue weighted by Gasteiger charge is 2.17. The Morgan fingerprint density at radius 1 is 0.812 bits per heavy atom. The minimum atomic E-state index is 0.723. The molecule has 0 radical (unpaired) electrons. The SMILES string of the molecule is CC(C)CN(CC(C)C)CC(CS)C(C)C. The third-order valence-electron chi connectivity index (χ3n) is 2.92. The zero-order chi connectivity index (χ0) is 12.7. The van der Waals surface area contributed by atoms with E-state index >= 15 is 0 Å². The molecular formula is C14H31NS. The lowest BCUT2D eigenvalue weighted by molar-refractivity contribution is 0.177. The third kappa shape index (κ3) is 7.56. The molecule has 0 bridgehead atoms. The molecule has 0 N–H and O–H groups in total. The average Bonchev–Trinajstić information content (AvgIpc) is 2.11. The van der Waals surface area contributed by atoms with Crippen LogP contribution in [0, 0.1) is 23.7 Å². The minimum Gasteiger partial charge on any atom is -0.303 e. The quantitative estimate of drug-likeness (QED) is 0.637. The molecule has 0 aliphatic heterocycles. The fourth-order valence-electron chi connectivity index (χ4n) is 2.07. The van der Waals surface area contributed by atoms with Crippen molar-refractivity contribution in [2.24, 2.45) is 23.7 Å². The third-order valence-corrected chi connectivity index (χ3v) is 3.39. The van der Waals surface area contributed by atoms with E-state index in [0.29, 0.717) is 0 Å². The van der Waals surface area contributed by atoms with Crippen LogP contribution in [0.25, 0.3) is 0 Å². The molecule has 0 aromatic rings. The van der Waals surface area contributed by atoms with Gasteiger partial charge in [-0.15, -0.1) is 0 Å². The number of hydrogen-bond donors (Lipinski definition) is 1. The molecular weight excluding hydrogens is 214 g/mol. The Bertz CT molecular complexity index is 156. The van der Waals surface area contributed by atoms with E-state index in [2.05, 4.69) is 59.1 Å². The van der Waals surface area contributed by atoms with Crippen molar-refractivity contribution in [1.29, 1.82) is 0 Å². The average molecular weight is 245 g/mol. The fraction of sp³-hybridized carbons (Fsp3) is 1.00. The molecule has 0 aliphatic carbocycles. The molecule has 0 saturated heterocycles. The summed E-state index contributed by atoms with van der Waals surface area (Å²) in [4.78, 5) is 2.62. The first-order valence-electron chi connectivity index (χ1n) is 6.70. The van der Waals surface area contributed by atoms with E-state index in [1.807, 2.05) is 0 Å². The van der Waals surface area contributed by atoms with Gasteiger partial charge in [-0.25, -0.2) is 0 Å². The Hall–Kier alpha value is 0.310. The van der Waals surface area contributed by atoms with E-state index in [4.69, 9.17) is 0 Å². The predicted molar refractivity (Wildman–Crippen MR) is 78.3 cm³/mol. The van der Waals surface area contributed by atoms with Gasteiger partial charge in [-0.1, -0.05) is 41.5 Å². The molecule has 0 spiro atoms. The summed E-state index contributed by atoms with van der Waals surface area (Å²) in [6, 6.07) is 0. The monoisotopic (exact) mass is 245 g/mol. The lowest BCUT2D eigenvalue weighted by atomic mass is 9.96. The van der Waals surface area contributed by atoms with Crippen LogP contribution < -0.4 is 0 Å². The molecule has 0 rings (SSSR count). The predicted octanol–water partition coefficient (Wildman–Crippen LogP) is 3.80. The second-order valence-corrected chi connectivity index (χ2v) is 6.56. The maximum absolute atomic E-state index is 4.48. The molecule has 16 heavy (non-hydrogen) atoms. The van der Waals surface area contributed by atoms with Gasteiger partial charge in [0, 0.05) is 19.6 Å². The van der Waals surface area contributed by atoms with Crippen molar-refractivity contribution < 1.29 is 0 Å². The van der Waals surface area contributed by atoms with Gasteiger partial charge in [-0.3, -0.25) is 0 Å². The van der Waals surface area contributed by atoms with Crippen molar-refractivity contribution in [3.63, 3.8) is 0 Å². The Morgan fingerprint density at radius 3 is 1.50 bits per heavy atom. The molecule has 1 unspecified atom stereocenters. The number of thiol groups is 1. The summed E-state index contributed by atoms with van der Waals surface area (Å²) >= 11 is 4.48. The van der Waals surface area contributed by atoms with Gasteiger partial charge in [0.05, 0.1) is 0 Å². The van der Waals surface area contributed by atoms with E-state index < -0.39 is 0 Å². The lowest BCUT2D eigenvalue weighted by Gasteiger charge is -2.31. The summed E-state index contributed by atoms with van der Waals surface area (Å²) < 4.78 is 0. The van der Waals surface area contributed by atoms with Gasteiger partial charge in [0.25, 0.3) is 0 Å². The van der Waals surface area contributed by atoms with E-state index in [9.17, 15) is 0 Å². The van der Waals surface area contributed by atoms with Crippen LogP contribution in [-0.2, 0) is 0 Å². The van der Waals surface area contributed by atoms with Gasteiger partial charge >= 0.3 is 0 Å². The number of nitrogens with zero attached hydrogens (tertiary/aromatic N) is 1. The smallest absolute Gasteiger partial charge is 0.00201 e. The van der Waals surface area contributed by atoms with E-state index in [1.54, 1.807) is 0 Å². The van der Waals surface area contributed by atoms with Gasteiger partial charge in [0.1, 0.15) is 0 Å². The van der Waals surface area contributed by atoms with Crippen LogP contribution in [0.1, 0.15) is 41.5 Å². The molecule has 0 saturated carbocycles. The van der Waals surface area contributed by atoms with Gasteiger partial charge < -0.3 is 4.90 Å². The van der Waals surface area contributed by atoms with Crippen LogP contribution in [-0.4, -0.2) is 30.3 Å². The first-order valence-corrected chi connectivity index (χ1v) is 7.33. The summed E-state index contributed by atoms with van der Waals surface area (Å²) in [5.41, 5.74) is 0. The molecule has 2 heteroatoms. The number of hydrogen-bond acceptors (Lipinski definition) is 2. The van der Waals surface area contributed by atoms with Crippen molar-refractivity contribution >= 4 is 12.6 Å². The van der Waals surface area contributed by atoms with Crippen molar-refractivity contribution in [3.05, 3.63) is 0 Å². The van der Waals surface area contributed by atoms with Gasteiger partial charge in [0.15, 0.2) is 0 Å². The fourth-order valence-corrected chi connectivity index (χ4v) is 2.60. The Morgan fingerprint density at radius 2 is 1.25 bits per heavy atom. The summed E-state index contributed by atoms with van der Waals surface area (Å²) in [5.74, 6) is 3.97. The van der Waals surface area contributed by atoms with E-state index in [0.717, 1.165) is 29.4 Å². The second kappa shape index (κ2) is 8.41. The second-order valence-electron chi connectivity index (χ2n) is 6.19. The zero-order valence-corrected chi connectivity index (χ0v) is 12.9. The highest BCUT2D eigenvalue weighted by atomic mass is 32.1. The first-order chi connectivity index (χ1) is 7.36. The largest absolute Gasteiger partial charge is 0.303 e. The zero-order valence-electron chi connectivity index (χ0n) is 12.0. The highest BCUT2D eigenvalue weighted by Crippen LogP contribution is 2.16. The molecule has 0 heterocycles. The molecule has 1 atom stereocenters. The molecule has 0 aromatic carbocycles. The molecule has 0 fully saturated rings. The van der Waals surface area contributed by atoms with E-state index in [1.165, 1.54) is 19.6 Å². The van der Waals surface area contributed by atoms with E-state index in [-0.39, 0.29) is 0 Å².